The minimum Gasteiger partial charge on any atom is -0.488 e. The van der Waals surface area contributed by atoms with Gasteiger partial charge in [0.1, 0.15) is 11.9 Å². The number of fused-ring (bicyclic) bond motifs is 2. The Morgan fingerprint density at radius 3 is 3.15 bits per heavy atom. The first-order valence-electron chi connectivity index (χ1n) is 7.60. The van der Waals surface area contributed by atoms with E-state index >= 15 is 0 Å². The van der Waals surface area contributed by atoms with E-state index in [0.29, 0.717) is 12.1 Å². The van der Waals surface area contributed by atoms with E-state index < -0.39 is 0 Å². The van der Waals surface area contributed by atoms with E-state index in [2.05, 4.69) is 51.3 Å². The summed E-state index contributed by atoms with van der Waals surface area (Å²) in [5, 5.41) is 3.53. The highest BCUT2D eigenvalue weighted by Gasteiger charge is 2.42. The molecular weight excluding hydrogens is 316 g/mol. The number of nitrogens with zero attached hydrogens (tertiary/aromatic N) is 1. The number of halogens is 1. The molecule has 3 aliphatic heterocycles. The largest absolute Gasteiger partial charge is 0.488 e. The summed E-state index contributed by atoms with van der Waals surface area (Å²) in [5.41, 5.74) is 1.35. The van der Waals surface area contributed by atoms with Crippen molar-refractivity contribution in [3.8, 4) is 5.75 Å². The van der Waals surface area contributed by atoms with Crippen LogP contribution in [0.5, 0.6) is 5.75 Å². The topological polar surface area (TPSA) is 24.5 Å². The highest BCUT2D eigenvalue weighted by atomic mass is 79.9. The third-order valence-electron chi connectivity index (χ3n) is 5.26. The van der Waals surface area contributed by atoms with Crippen molar-refractivity contribution in [2.24, 2.45) is 11.8 Å². The van der Waals surface area contributed by atoms with Gasteiger partial charge >= 0.3 is 0 Å². The Morgan fingerprint density at radius 2 is 2.30 bits per heavy atom. The van der Waals surface area contributed by atoms with Gasteiger partial charge in [-0.2, -0.15) is 0 Å². The molecule has 0 aliphatic carbocycles. The van der Waals surface area contributed by atoms with Crippen LogP contribution in [0.2, 0.25) is 0 Å². The molecule has 4 rings (SSSR count). The lowest BCUT2D eigenvalue weighted by Gasteiger charge is -2.26. The van der Waals surface area contributed by atoms with Gasteiger partial charge in [0, 0.05) is 30.0 Å². The first-order valence-corrected chi connectivity index (χ1v) is 8.40. The molecule has 1 N–H and O–H groups in total. The third kappa shape index (κ3) is 2.18. The maximum absolute atomic E-state index is 6.12. The van der Waals surface area contributed by atoms with Gasteiger partial charge in [-0.3, -0.25) is 4.90 Å². The van der Waals surface area contributed by atoms with Gasteiger partial charge in [-0.1, -0.05) is 15.9 Å². The lowest BCUT2D eigenvalue weighted by atomic mass is 9.95. The molecule has 0 spiro atoms. The molecule has 0 saturated carbocycles. The SMILES string of the molecule is CC1C2CNCC2CN1CC1Cc2cc(Br)ccc2O1. The van der Waals surface area contributed by atoms with Crippen LogP contribution in [-0.2, 0) is 6.42 Å². The first-order chi connectivity index (χ1) is 9.70. The van der Waals surface area contributed by atoms with Gasteiger partial charge in [0.2, 0.25) is 0 Å². The van der Waals surface area contributed by atoms with Crippen LogP contribution in [0.3, 0.4) is 0 Å². The smallest absolute Gasteiger partial charge is 0.123 e. The average molecular weight is 337 g/mol. The van der Waals surface area contributed by atoms with E-state index in [0.717, 1.165) is 35.0 Å². The Balaban J connectivity index is 1.42. The lowest BCUT2D eigenvalue weighted by Crippen LogP contribution is -2.40. The minimum atomic E-state index is 0.327. The van der Waals surface area contributed by atoms with Gasteiger partial charge in [-0.25, -0.2) is 0 Å². The molecular formula is C16H21BrN2O. The summed E-state index contributed by atoms with van der Waals surface area (Å²) in [6.07, 6.45) is 1.37. The molecule has 4 atom stereocenters. The van der Waals surface area contributed by atoms with Crippen LogP contribution in [0, 0.1) is 11.8 Å². The predicted molar refractivity (Wildman–Crippen MR) is 83.1 cm³/mol. The van der Waals surface area contributed by atoms with Crippen LogP contribution in [0.4, 0.5) is 0 Å². The summed E-state index contributed by atoms with van der Waals surface area (Å²) in [4.78, 5) is 2.64. The number of benzene rings is 1. The zero-order valence-electron chi connectivity index (χ0n) is 11.8. The van der Waals surface area contributed by atoms with Gasteiger partial charge < -0.3 is 10.1 Å². The molecule has 0 aromatic heterocycles. The highest BCUT2D eigenvalue weighted by Crippen LogP contribution is 2.35. The van der Waals surface area contributed by atoms with Gasteiger partial charge in [-0.15, -0.1) is 0 Å². The fraction of sp³-hybridized carbons (Fsp3) is 0.625. The molecule has 1 aromatic rings. The molecule has 2 fully saturated rings. The van der Waals surface area contributed by atoms with Crippen LogP contribution >= 0.6 is 15.9 Å². The van der Waals surface area contributed by atoms with Gasteiger partial charge in [0.05, 0.1) is 0 Å². The Bertz CT molecular complexity index is 521. The molecule has 2 saturated heterocycles. The summed E-state index contributed by atoms with van der Waals surface area (Å²) in [6.45, 7) is 7.08. The fourth-order valence-electron chi connectivity index (χ4n) is 4.15. The number of hydrogen-bond donors (Lipinski definition) is 1. The van der Waals surface area contributed by atoms with Crippen molar-refractivity contribution in [2.75, 3.05) is 26.2 Å². The molecule has 4 unspecified atom stereocenters. The Morgan fingerprint density at radius 1 is 1.40 bits per heavy atom. The first kappa shape index (κ1) is 13.1. The molecule has 0 amide bonds. The number of ether oxygens (including phenoxy) is 1. The van der Waals surface area contributed by atoms with Crippen LogP contribution in [0.15, 0.2) is 22.7 Å². The van der Waals surface area contributed by atoms with Gasteiger partial charge in [-0.05, 0) is 55.6 Å². The maximum Gasteiger partial charge on any atom is 0.123 e. The third-order valence-corrected chi connectivity index (χ3v) is 5.75. The van der Waals surface area contributed by atoms with Gasteiger partial charge in [0.25, 0.3) is 0 Å². The minimum absolute atomic E-state index is 0.327. The monoisotopic (exact) mass is 336 g/mol. The van der Waals surface area contributed by atoms with Gasteiger partial charge in [0.15, 0.2) is 0 Å². The lowest BCUT2D eigenvalue weighted by molar-refractivity contribution is 0.137. The summed E-state index contributed by atoms with van der Waals surface area (Å²) in [7, 11) is 0. The quantitative estimate of drug-likeness (QED) is 0.896. The van der Waals surface area contributed by atoms with Crippen molar-refractivity contribution in [3.05, 3.63) is 28.2 Å². The Kier molecular flexibility index (Phi) is 3.28. The van der Waals surface area contributed by atoms with Crippen molar-refractivity contribution in [3.63, 3.8) is 0 Å². The second-order valence-electron chi connectivity index (χ2n) is 6.47. The van der Waals surface area contributed by atoms with E-state index in [1.165, 1.54) is 25.2 Å². The number of hydrogen-bond acceptors (Lipinski definition) is 3. The van der Waals surface area contributed by atoms with Crippen LogP contribution < -0.4 is 10.1 Å². The van der Waals surface area contributed by atoms with Crippen LogP contribution in [0.1, 0.15) is 12.5 Å². The molecule has 4 heteroatoms. The zero-order valence-corrected chi connectivity index (χ0v) is 13.4. The average Bonchev–Trinajstić information content (AvgIpc) is 3.08. The van der Waals surface area contributed by atoms with E-state index in [-0.39, 0.29) is 0 Å². The summed E-state index contributed by atoms with van der Waals surface area (Å²) in [5.74, 6) is 2.77. The Labute approximate surface area is 128 Å². The predicted octanol–water partition coefficient (Wildman–Crippen LogP) is 2.29. The molecule has 0 radical (unpaired) electrons. The van der Waals surface area contributed by atoms with Crippen molar-refractivity contribution < 1.29 is 4.74 Å². The van der Waals surface area contributed by atoms with Crippen molar-refractivity contribution >= 4 is 15.9 Å². The van der Waals surface area contributed by atoms with E-state index in [4.69, 9.17) is 4.74 Å². The summed E-state index contributed by atoms with van der Waals surface area (Å²) >= 11 is 3.54. The molecule has 3 nitrogen and oxygen atoms in total. The molecule has 0 bridgehead atoms. The zero-order chi connectivity index (χ0) is 13.7. The van der Waals surface area contributed by atoms with Crippen LogP contribution in [0.25, 0.3) is 0 Å². The molecule has 108 valence electrons. The normalized spacial score (nSPS) is 35.9. The molecule has 3 heterocycles. The number of rotatable bonds is 2. The molecule has 1 aromatic carbocycles. The van der Waals surface area contributed by atoms with E-state index in [1.54, 1.807) is 0 Å². The summed E-state index contributed by atoms with van der Waals surface area (Å²) < 4.78 is 7.26. The van der Waals surface area contributed by atoms with Crippen LogP contribution in [-0.4, -0.2) is 43.2 Å². The molecule has 20 heavy (non-hydrogen) atoms. The standard InChI is InChI=1S/C16H21BrN2O/c1-10-15-7-18-6-12(15)8-19(10)9-14-5-11-4-13(17)2-3-16(11)20-14/h2-4,10,12,14-15,18H,5-9H2,1H3. The molecule has 3 aliphatic rings. The van der Waals surface area contributed by atoms with Crippen molar-refractivity contribution in [2.45, 2.75) is 25.5 Å². The maximum atomic E-state index is 6.12. The highest BCUT2D eigenvalue weighted by molar-refractivity contribution is 9.10. The second kappa shape index (κ2) is 5.00. The summed E-state index contributed by atoms with van der Waals surface area (Å²) in [6, 6.07) is 7.04. The van der Waals surface area contributed by atoms with Crippen molar-refractivity contribution in [1.29, 1.82) is 0 Å². The van der Waals surface area contributed by atoms with E-state index in [9.17, 15) is 0 Å². The number of likely N-dealkylation sites (tertiary alicyclic amines) is 1. The van der Waals surface area contributed by atoms with E-state index in [1.807, 2.05) is 0 Å². The fourth-order valence-corrected chi connectivity index (χ4v) is 4.56. The van der Waals surface area contributed by atoms with Crippen molar-refractivity contribution in [1.82, 2.24) is 10.2 Å². The number of nitrogens with one attached hydrogen (secondary N) is 1. The second-order valence-corrected chi connectivity index (χ2v) is 7.39. The Hall–Kier alpha value is -0.580.